The quantitative estimate of drug-likeness (QED) is 0.716. The van der Waals surface area contributed by atoms with Gasteiger partial charge in [0.25, 0.3) is 5.91 Å². The summed E-state index contributed by atoms with van der Waals surface area (Å²) in [4.78, 5) is 36.4. The summed E-state index contributed by atoms with van der Waals surface area (Å²) in [7, 11) is 1.08. The van der Waals surface area contributed by atoms with E-state index in [9.17, 15) is 27.6 Å². The van der Waals surface area contributed by atoms with Crippen LogP contribution in [-0.4, -0.2) is 51.1 Å². The molecule has 0 unspecified atom stereocenters. The number of hydrazine groups is 1. The Bertz CT molecular complexity index is 760. The Kier molecular flexibility index (Phi) is 6.38. The second kappa shape index (κ2) is 7.68. The fourth-order valence-electron chi connectivity index (χ4n) is 1.78. The van der Waals surface area contributed by atoms with Crippen molar-refractivity contribution in [1.82, 2.24) is 20.2 Å². The molecule has 1 heterocycles. The van der Waals surface area contributed by atoms with E-state index in [0.717, 1.165) is 7.05 Å². The van der Waals surface area contributed by atoms with Crippen molar-refractivity contribution in [2.24, 2.45) is 0 Å². The molecule has 0 saturated carbocycles. The third-order valence-corrected chi connectivity index (χ3v) is 2.75. The minimum Gasteiger partial charge on any atom is -0.443 e. The van der Waals surface area contributed by atoms with E-state index in [-0.39, 0.29) is 4.68 Å². The number of hydrogen-bond acceptors (Lipinski definition) is 6. The minimum absolute atomic E-state index is 0.198. The molecule has 0 saturated heterocycles. The molecule has 9 nitrogen and oxygen atoms in total. The van der Waals surface area contributed by atoms with Crippen LogP contribution >= 0.6 is 0 Å². The van der Waals surface area contributed by atoms with Gasteiger partial charge >= 0.3 is 18.4 Å². The van der Waals surface area contributed by atoms with E-state index in [4.69, 9.17) is 9.47 Å². The van der Waals surface area contributed by atoms with Gasteiger partial charge in [0.15, 0.2) is 5.69 Å². The van der Waals surface area contributed by atoms with Crippen LogP contribution in [0.5, 0.6) is 0 Å². The van der Waals surface area contributed by atoms with E-state index >= 15 is 0 Å². The molecule has 0 spiro atoms. The lowest BCUT2D eigenvalue weighted by Gasteiger charge is -2.24. The highest BCUT2D eigenvalue weighted by Gasteiger charge is 2.38. The maximum Gasteiger partial charge on any atom is 0.435 e. The van der Waals surface area contributed by atoms with Crippen LogP contribution in [0, 0.1) is 0 Å². The van der Waals surface area contributed by atoms with E-state index in [1.54, 1.807) is 20.8 Å². The first-order valence-corrected chi connectivity index (χ1v) is 8.09. The molecule has 0 aromatic carbocycles. The molecule has 0 aliphatic carbocycles. The summed E-state index contributed by atoms with van der Waals surface area (Å²) in [5.74, 6) is -1.14. The van der Waals surface area contributed by atoms with Crippen molar-refractivity contribution >= 4 is 18.1 Å². The largest absolute Gasteiger partial charge is 0.443 e. The first-order chi connectivity index (χ1) is 12.4. The zero-order chi connectivity index (χ0) is 22.1. The van der Waals surface area contributed by atoms with Crippen LogP contribution in [0.1, 0.15) is 57.7 Å². The molecule has 2 amide bonds. The van der Waals surface area contributed by atoms with Gasteiger partial charge in [-0.3, -0.25) is 4.79 Å². The number of carbonyl (C=O) groups is 3. The molecular formula is C16H23F3N4O5. The Morgan fingerprint density at radius 2 is 1.54 bits per heavy atom. The second-order valence-corrected chi connectivity index (χ2v) is 7.78. The molecule has 0 aliphatic heterocycles. The predicted octanol–water partition coefficient (Wildman–Crippen LogP) is 3.20. The van der Waals surface area contributed by atoms with E-state index in [1.807, 2.05) is 5.43 Å². The Balaban J connectivity index is 3.19. The van der Waals surface area contributed by atoms with Crippen molar-refractivity contribution in [2.75, 3.05) is 7.05 Å². The van der Waals surface area contributed by atoms with Crippen LogP contribution < -0.4 is 5.43 Å². The highest BCUT2D eigenvalue weighted by Crippen LogP contribution is 2.29. The van der Waals surface area contributed by atoms with Gasteiger partial charge in [-0.2, -0.15) is 23.0 Å². The Morgan fingerprint density at radius 3 is 1.96 bits per heavy atom. The van der Waals surface area contributed by atoms with E-state index < -0.39 is 46.9 Å². The van der Waals surface area contributed by atoms with Gasteiger partial charge in [-0.05, 0) is 41.5 Å². The lowest BCUT2D eigenvalue weighted by Crippen LogP contribution is -2.46. The molecule has 12 heteroatoms. The number of carbonyl (C=O) groups excluding carboxylic acids is 3. The summed E-state index contributed by atoms with van der Waals surface area (Å²) < 4.78 is 49.1. The van der Waals surface area contributed by atoms with Crippen molar-refractivity contribution in [1.29, 1.82) is 0 Å². The number of alkyl halides is 3. The zero-order valence-corrected chi connectivity index (χ0v) is 16.6. The molecule has 1 aromatic rings. The van der Waals surface area contributed by atoms with E-state index in [1.165, 1.54) is 20.8 Å². The topological polar surface area (TPSA) is 103 Å². The number of nitrogens with one attached hydrogen (secondary N) is 1. The third kappa shape index (κ3) is 6.74. The van der Waals surface area contributed by atoms with Crippen molar-refractivity contribution in [3.63, 3.8) is 0 Å². The van der Waals surface area contributed by atoms with Gasteiger partial charge in [-0.15, -0.1) is 0 Å². The molecule has 0 fully saturated rings. The van der Waals surface area contributed by atoms with Crippen LogP contribution in [0.15, 0.2) is 6.07 Å². The monoisotopic (exact) mass is 408 g/mol. The van der Waals surface area contributed by atoms with Gasteiger partial charge in [-0.1, -0.05) is 0 Å². The number of rotatable bonds is 1. The van der Waals surface area contributed by atoms with Gasteiger partial charge in [0.2, 0.25) is 0 Å². The summed E-state index contributed by atoms with van der Waals surface area (Å²) in [6.45, 7) is 9.25. The van der Waals surface area contributed by atoms with Crippen molar-refractivity contribution in [2.45, 2.75) is 58.9 Å². The Hall–Kier alpha value is -2.79. The van der Waals surface area contributed by atoms with Crippen LogP contribution in [0.2, 0.25) is 0 Å². The Labute approximate surface area is 159 Å². The van der Waals surface area contributed by atoms with Crippen LogP contribution in [0.4, 0.5) is 22.8 Å². The molecule has 0 atom stereocenters. The lowest BCUT2D eigenvalue weighted by molar-refractivity contribution is -0.141. The fraction of sp³-hybridized carbons (Fsp3) is 0.625. The average molecular weight is 408 g/mol. The predicted molar refractivity (Wildman–Crippen MR) is 90.3 cm³/mol. The number of halogens is 3. The van der Waals surface area contributed by atoms with Crippen LogP contribution in [0.25, 0.3) is 0 Å². The molecule has 28 heavy (non-hydrogen) atoms. The number of nitrogens with zero attached hydrogens (tertiary/aromatic N) is 3. The van der Waals surface area contributed by atoms with Gasteiger partial charge in [0.1, 0.15) is 16.9 Å². The summed E-state index contributed by atoms with van der Waals surface area (Å²) in [5.41, 5.74) is -2.07. The standard InChI is InChI=1S/C16H23F3N4O5/c1-14(2,3)27-12(25)21-22(7)11(24)9-8-10(16(17,18)19)20-23(9)13(26)28-15(4,5)6/h8H,1-7H3,(H,21,25). The van der Waals surface area contributed by atoms with Gasteiger partial charge in [0, 0.05) is 13.1 Å². The lowest BCUT2D eigenvalue weighted by atomic mass is 10.2. The van der Waals surface area contributed by atoms with Gasteiger partial charge in [-0.25, -0.2) is 20.0 Å². The number of ether oxygens (including phenoxy) is 2. The number of amides is 2. The molecule has 0 bridgehead atoms. The molecule has 1 aromatic heterocycles. The maximum absolute atomic E-state index is 13.0. The van der Waals surface area contributed by atoms with Crippen LogP contribution in [-0.2, 0) is 15.7 Å². The molecule has 1 N–H and O–H groups in total. The average Bonchev–Trinajstić information content (AvgIpc) is 2.87. The number of aromatic nitrogens is 2. The summed E-state index contributed by atoms with van der Waals surface area (Å²) in [6.07, 6.45) is -7.20. The minimum atomic E-state index is -4.90. The fourth-order valence-corrected chi connectivity index (χ4v) is 1.78. The van der Waals surface area contributed by atoms with Gasteiger partial charge in [0.05, 0.1) is 0 Å². The van der Waals surface area contributed by atoms with Crippen molar-refractivity contribution < 1.29 is 37.0 Å². The number of hydrogen-bond donors (Lipinski definition) is 1. The maximum atomic E-state index is 13.0. The second-order valence-electron chi connectivity index (χ2n) is 7.78. The highest BCUT2D eigenvalue weighted by molar-refractivity contribution is 5.96. The zero-order valence-electron chi connectivity index (χ0n) is 16.6. The summed E-state index contributed by atoms with van der Waals surface area (Å²) in [5, 5.41) is 3.71. The molecule has 0 radical (unpaired) electrons. The molecule has 158 valence electrons. The van der Waals surface area contributed by atoms with Gasteiger partial charge < -0.3 is 9.47 Å². The first-order valence-electron chi connectivity index (χ1n) is 8.09. The molecular weight excluding hydrogens is 385 g/mol. The molecule has 1 rings (SSSR count). The Morgan fingerprint density at radius 1 is 1.04 bits per heavy atom. The molecule has 0 aliphatic rings. The van der Waals surface area contributed by atoms with E-state index in [2.05, 4.69) is 5.10 Å². The third-order valence-electron chi connectivity index (χ3n) is 2.75. The summed E-state index contributed by atoms with van der Waals surface area (Å²) in [6, 6.07) is 0.388. The summed E-state index contributed by atoms with van der Waals surface area (Å²) >= 11 is 0. The highest BCUT2D eigenvalue weighted by atomic mass is 19.4. The van der Waals surface area contributed by atoms with E-state index in [0.29, 0.717) is 11.1 Å². The first kappa shape index (κ1) is 23.2. The van der Waals surface area contributed by atoms with Crippen molar-refractivity contribution in [3.05, 3.63) is 17.5 Å². The SMILES string of the molecule is CN(NC(=O)OC(C)(C)C)C(=O)c1cc(C(F)(F)F)nn1C(=O)OC(C)(C)C. The van der Waals surface area contributed by atoms with Crippen LogP contribution in [0.3, 0.4) is 0 Å². The normalized spacial score (nSPS) is 12.4. The van der Waals surface area contributed by atoms with Crippen molar-refractivity contribution in [3.8, 4) is 0 Å². The smallest absolute Gasteiger partial charge is 0.435 e.